The van der Waals surface area contributed by atoms with E-state index in [2.05, 4.69) is 266 Å². The maximum Gasteiger partial charge on any atom is 0.0559 e. The lowest BCUT2D eigenvalue weighted by molar-refractivity contribution is 0.785. The molecule has 2 aliphatic carbocycles. The molecule has 0 aromatic heterocycles. The summed E-state index contributed by atoms with van der Waals surface area (Å²) in [7, 11) is 0. The van der Waals surface area contributed by atoms with Gasteiger partial charge in [0.25, 0.3) is 0 Å². The zero-order valence-electron chi connectivity index (χ0n) is 36.0. The number of anilines is 2. The Morgan fingerprint density at radius 1 is 0.453 bits per heavy atom. The Labute approximate surface area is 379 Å². The van der Waals surface area contributed by atoms with Gasteiger partial charge in [-0.05, 0) is 116 Å². The Morgan fingerprint density at radius 2 is 1.05 bits per heavy atom. The van der Waals surface area contributed by atoms with Gasteiger partial charge in [0.05, 0.1) is 6.04 Å². The molecule has 0 bridgehead atoms. The van der Waals surface area contributed by atoms with E-state index in [1.807, 2.05) is 0 Å². The fourth-order valence-electron chi connectivity index (χ4n) is 9.28. The fourth-order valence-corrected chi connectivity index (χ4v) is 9.28. The molecule has 2 unspecified atom stereocenters. The highest BCUT2D eigenvalue weighted by molar-refractivity contribution is 5.86. The van der Waals surface area contributed by atoms with Crippen molar-refractivity contribution in [3.63, 3.8) is 0 Å². The zero-order valence-corrected chi connectivity index (χ0v) is 36.0. The summed E-state index contributed by atoms with van der Waals surface area (Å²) in [5.41, 5.74) is 18.6. The van der Waals surface area contributed by atoms with Gasteiger partial charge in [-0.25, -0.2) is 0 Å². The monoisotopic (exact) mass is 821 g/mol. The summed E-state index contributed by atoms with van der Waals surface area (Å²) in [5.74, 6) is 0.280. The van der Waals surface area contributed by atoms with E-state index in [1.54, 1.807) is 0 Å². The molecule has 1 heteroatoms. The molecule has 8 aromatic carbocycles. The molecule has 0 aliphatic heterocycles. The molecular formula is C63H51N. The molecule has 0 saturated carbocycles. The van der Waals surface area contributed by atoms with Crippen LogP contribution in [0.5, 0.6) is 0 Å². The van der Waals surface area contributed by atoms with Crippen LogP contribution in [-0.4, -0.2) is 6.04 Å². The molecule has 64 heavy (non-hydrogen) atoms. The van der Waals surface area contributed by atoms with Crippen LogP contribution in [0.25, 0.3) is 55.7 Å². The Morgan fingerprint density at radius 3 is 1.69 bits per heavy atom. The standard InChI is InChI=1S/C63H51N/c1-6-17-48(18-7-1)51-31-35-54(36-32-51)61(55-37-33-52(34-38-55)49-19-8-2-9-20-49)43-29-47-30-44-62(63(45-47)53-23-12-4-13-24-53)56-39-41-59(42-40-56)64(58-26-14-5-15-27-58)60-28-16-25-57(46-60)50-21-10-3-11-22-50/h1-26,28,30-37,39-46,55,58H,27,29,38H2/b61-43+. The molecule has 0 heterocycles. The molecule has 10 rings (SSSR count). The van der Waals surface area contributed by atoms with E-state index in [-0.39, 0.29) is 12.0 Å². The second-order valence-corrected chi connectivity index (χ2v) is 16.7. The van der Waals surface area contributed by atoms with Crippen LogP contribution in [-0.2, 0) is 6.42 Å². The van der Waals surface area contributed by atoms with E-state index in [0.29, 0.717) is 0 Å². The summed E-state index contributed by atoms with van der Waals surface area (Å²) in [6.45, 7) is 0. The second kappa shape index (κ2) is 19.1. The topological polar surface area (TPSA) is 3.24 Å². The predicted molar refractivity (Wildman–Crippen MR) is 273 cm³/mol. The molecule has 308 valence electrons. The third-order valence-corrected chi connectivity index (χ3v) is 12.6. The zero-order chi connectivity index (χ0) is 42.9. The van der Waals surface area contributed by atoms with Gasteiger partial charge < -0.3 is 4.90 Å². The van der Waals surface area contributed by atoms with Crippen LogP contribution in [0.2, 0.25) is 0 Å². The van der Waals surface area contributed by atoms with Crippen molar-refractivity contribution in [3.05, 3.63) is 278 Å². The Kier molecular flexibility index (Phi) is 12.0. The fraction of sp³-hybridized carbons (Fsp3) is 0.0794. The molecule has 2 atom stereocenters. The van der Waals surface area contributed by atoms with Gasteiger partial charge in [0.1, 0.15) is 0 Å². The molecule has 8 aromatic rings. The average molecular weight is 822 g/mol. The third kappa shape index (κ3) is 9.07. The Hall–Kier alpha value is -7.74. The summed E-state index contributed by atoms with van der Waals surface area (Å²) in [4.78, 5) is 2.48. The van der Waals surface area contributed by atoms with Crippen LogP contribution < -0.4 is 4.90 Å². The van der Waals surface area contributed by atoms with Gasteiger partial charge in [-0.3, -0.25) is 0 Å². The van der Waals surface area contributed by atoms with E-state index >= 15 is 0 Å². The van der Waals surface area contributed by atoms with Crippen LogP contribution >= 0.6 is 0 Å². The molecule has 0 saturated heterocycles. The van der Waals surface area contributed by atoms with Gasteiger partial charge in [0.2, 0.25) is 0 Å². The summed E-state index contributed by atoms with van der Waals surface area (Å²) in [6, 6.07) is 77.5. The molecular weight excluding hydrogens is 771 g/mol. The maximum absolute atomic E-state index is 2.48. The van der Waals surface area contributed by atoms with Crippen LogP contribution in [0.15, 0.2) is 261 Å². The number of hydrogen-bond acceptors (Lipinski definition) is 1. The van der Waals surface area contributed by atoms with E-state index in [1.165, 1.54) is 83.7 Å². The van der Waals surface area contributed by atoms with Crippen molar-refractivity contribution < 1.29 is 0 Å². The SMILES string of the molecule is C1=CCC(N(c2ccc(-c3ccc(C/C=C(\c4ccc(-c5ccccc5)cc4)C4C=CC(c5ccccc5)=CC4)cc3-c3ccccc3)cc2)c2cccc(-c3ccccc3)c2)C=C1. The lowest BCUT2D eigenvalue weighted by atomic mass is 9.83. The van der Waals surface area contributed by atoms with Crippen molar-refractivity contribution in [2.45, 2.75) is 25.3 Å². The molecule has 0 radical (unpaired) electrons. The second-order valence-electron chi connectivity index (χ2n) is 16.7. The summed E-state index contributed by atoms with van der Waals surface area (Å²) >= 11 is 0. The van der Waals surface area contributed by atoms with Crippen molar-refractivity contribution >= 4 is 22.5 Å². The summed E-state index contributed by atoms with van der Waals surface area (Å²) in [6.07, 6.45) is 21.3. The number of rotatable bonds is 12. The minimum Gasteiger partial charge on any atom is -0.334 e. The quantitative estimate of drug-likeness (QED) is 0.119. The van der Waals surface area contributed by atoms with Crippen molar-refractivity contribution in [2.24, 2.45) is 5.92 Å². The highest BCUT2D eigenvalue weighted by Gasteiger charge is 2.21. The van der Waals surface area contributed by atoms with Gasteiger partial charge in [-0.2, -0.15) is 0 Å². The van der Waals surface area contributed by atoms with Crippen LogP contribution in [0.3, 0.4) is 0 Å². The lowest BCUT2D eigenvalue weighted by Gasteiger charge is -2.33. The van der Waals surface area contributed by atoms with Gasteiger partial charge in [-0.1, -0.05) is 237 Å². The predicted octanol–water partition coefficient (Wildman–Crippen LogP) is 16.7. The first-order chi connectivity index (χ1) is 31.7. The third-order valence-electron chi connectivity index (χ3n) is 12.6. The van der Waals surface area contributed by atoms with Gasteiger partial charge >= 0.3 is 0 Å². The molecule has 0 N–H and O–H groups in total. The normalized spacial score (nSPS) is 15.8. The van der Waals surface area contributed by atoms with E-state index in [0.717, 1.165) is 19.3 Å². The lowest BCUT2D eigenvalue weighted by Crippen LogP contribution is -2.29. The van der Waals surface area contributed by atoms with Crippen LogP contribution in [0, 0.1) is 5.92 Å². The van der Waals surface area contributed by atoms with Gasteiger partial charge in [0, 0.05) is 17.3 Å². The summed E-state index contributed by atoms with van der Waals surface area (Å²) < 4.78 is 0. The van der Waals surface area contributed by atoms with Crippen molar-refractivity contribution in [3.8, 4) is 44.5 Å². The largest absolute Gasteiger partial charge is 0.334 e. The average Bonchev–Trinajstić information content (AvgIpc) is 3.38. The summed E-state index contributed by atoms with van der Waals surface area (Å²) in [5, 5.41) is 0. The maximum atomic E-state index is 2.48. The first kappa shape index (κ1) is 40.3. The first-order valence-corrected chi connectivity index (χ1v) is 22.6. The van der Waals surface area contributed by atoms with Gasteiger partial charge in [0.15, 0.2) is 0 Å². The van der Waals surface area contributed by atoms with Crippen molar-refractivity contribution in [1.82, 2.24) is 0 Å². The number of benzene rings is 8. The number of hydrogen-bond donors (Lipinski definition) is 0. The number of nitrogens with zero attached hydrogens (tertiary/aromatic N) is 1. The minimum absolute atomic E-state index is 0.215. The van der Waals surface area contributed by atoms with Crippen molar-refractivity contribution in [1.29, 1.82) is 0 Å². The van der Waals surface area contributed by atoms with E-state index < -0.39 is 0 Å². The Bertz CT molecular complexity index is 2970. The molecule has 2 aliphatic rings. The first-order valence-electron chi connectivity index (χ1n) is 22.6. The molecule has 0 amide bonds. The molecule has 1 nitrogen and oxygen atoms in total. The minimum atomic E-state index is 0.215. The van der Waals surface area contributed by atoms with Gasteiger partial charge in [-0.15, -0.1) is 0 Å². The van der Waals surface area contributed by atoms with E-state index in [4.69, 9.17) is 0 Å². The van der Waals surface area contributed by atoms with Crippen LogP contribution in [0.1, 0.15) is 29.5 Å². The highest BCUT2D eigenvalue weighted by atomic mass is 15.2. The van der Waals surface area contributed by atoms with Crippen molar-refractivity contribution in [2.75, 3.05) is 4.90 Å². The van der Waals surface area contributed by atoms with E-state index in [9.17, 15) is 0 Å². The Balaban J connectivity index is 0.974. The molecule has 0 spiro atoms. The van der Waals surface area contributed by atoms with Crippen LogP contribution in [0.4, 0.5) is 11.4 Å². The molecule has 0 fully saturated rings. The highest BCUT2D eigenvalue weighted by Crippen LogP contribution is 2.39. The smallest absolute Gasteiger partial charge is 0.0559 e. The number of allylic oxidation sites excluding steroid dienone is 8.